The van der Waals surface area contributed by atoms with Gasteiger partial charge in [-0.15, -0.1) is 0 Å². The Balaban J connectivity index is 1.57. The van der Waals surface area contributed by atoms with Crippen molar-refractivity contribution in [3.63, 3.8) is 0 Å². The van der Waals surface area contributed by atoms with Crippen molar-refractivity contribution in [2.45, 2.75) is 71.9 Å². The van der Waals surface area contributed by atoms with Gasteiger partial charge in [0, 0.05) is 37.5 Å². The molecular formula is C19H29N5O. The molecule has 0 bridgehead atoms. The lowest BCUT2D eigenvalue weighted by Crippen LogP contribution is -2.46. The van der Waals surface area contributed by atoms with Crippen molar-refractivity contribution in [1.82, 2.24) is 25.1 Å². The normalized spacial score (nSPS) is 15.6. The molecule has 0 unspecified atom stereocenters. The first kappa shape index (κ1) is 17.7. The molecule has 136 valence electrons. The zero-order valence-corrected chi connectivity index (χ0v) is 15.5. The molecule has 1 aliphatic rings. The highest BCUT2D eigenvalue weighted by molar-refractivity contribution is 5.76. The van der Waals surface area contributed by atoms with Crippen LogP contribution in [0.1, 0.15) is 57.0 Å². The average molecular weight is 343 g/mol. The molecule has 1 atom stereocenters. The van der Waals surface area contributed by atoms with E-state index in [-0.39, 0.29) is 17.4 Å². The summed E-state index contributed by atoms with van der Waals surface area (Å²) in [6.07, 6.45) is 11.3. The van der Waals surface area contributed by atoms with Gasteiger partial charge in [-0.2, -0.15) is 5.10 Å². The number of nitrogens with zero attached hydrogens (tertiary/aromatic N) is 3. The van der Waals surface area contributed by atoms with E-state index >= 15 is 0 Å². The maximum atomic E-state index is 12.5. The number of aromatic nitrogens is 4. The Morgan fingerprint density at radius 3 is 2.88 bits per heavy atom. The number of amides is 1. The second kappa shape index (κ2) is 7.42. The Morgan fingerprint density at radius 2 is 2.16 bits per heavy atom. The molecule has 6 heteroatoms. The molecule has 1 amide bonds. The maximum absolute atomic E-state index is 12.5. The van der Waals surface area contributed by atoms with Gasteiger partial charge >= 0.3 is 0 Å². The monoisotopic (exact) mass is 343 g/mol. The van der Waals surface area contributed by atoms with E-state index in [2.05, 4.69) is 41.3 Å². The van der Waals surface area contributed by atoms with Crippen molar-refractivity contribution in [2.75, 3.05) is 0 Å². The second-order valence-electron chi connectivity index (χ2n) is 8.08. The van der Waals surface area contributed by atoms with Crippen molar-refractivity contribution in [3.8, 4) is 0 Å². The maximum Gasteiger partial charge on any atom is 0.220 e. The van der Waals surface area contributed by atoms with E-state index in [4.69, 9.17) is 0 Å². The number of hydrogen-bond donors (Lipinski definition) is 2. The third-order valence-corrected chi connectivity index (χ3v) is 5.06. The molecular weight excluding hydrogens is 314 g/mol. The summed E-state index contributed by atoms with van der Waals surface area (Å²) in [6, 6.07) is 0.0577. The molecule has 0 aliphatic heterocycles. The van der Waals surface area contributed by atoms with Crippen LogP contribution >= 0.6 is 0 Å². The van der Waals surface area contributed by atoms with Gasteiger partial charge in [0.25, 0.3) is 0 Å². The molecule has 0 spiro atoms. The lowest BCUT2D eigenvalue weighted by atomic mass is 9.86. The minimum atomic E-state index is -0.0224. The number of carbonyl (C=O) groups excluding carboxylic acids is 1. The summed E-state index contributed by atoms with van der Waals surface area (Å²) >= 11 is 0. The summed E-state index contributed by atoms with van der Waals surface area (Å²) < 4.78 is 2.01. The zero-order valence-electron chi connectivity index (χ0n) is 15.5. The van der Waals surface area contributed by atoms with E-state index in [9.17, 15) is 4.79 Å². The summed E-state index contributed by atoms with van der Waals surface area (Å²) in [5, 5.41) is 10.8. The molecule has 2 aromatic rings. The lowest BCUT2D eigenvalue weighted by Gasteiger charge is -2.31. The lowest BCUT2D eigenvalue weighted by molar-refractivity contribution is -0.122. The minimum Gasteiger partial charge on any atom is -0.351 e. The van der Waals surface area contributed by atoms with E-state index < -0.39 is 0 Å². The Hall–Kier alpha value is -2.11. The second-order valence-corrected chi connectivity index (χ2v) is 8.08. The van der Waals surface area contributed by atoms with Crippen LogP contribution in [0.2, 0.25) is 0 Å². The third-order valence-electron chi connectivity index (χ3n) is 5.06. The highest BCUT2D eigenvalue weighted by Crippen LogP contribution is 2.23. The molecule has 1 aliphatic carbocycles. The zero-order chi connectivity index (χ0) is 17.9. The smallest absolute Gasteiger partial charge is 0.220 e. The van der Waals surface area contributed by atoms with Crippen LogP contribution in [0.5, 0.6) is 0 Å². The summed E-state index contributed by atoms with van der Waals surface area (Å²) in [6.45, 7) is 7.18. The predicted molar refractivity (Wildman–Crippen MR) is 97.2 cm³/mol. The average Bonchev–Trinajstić information content (AvgIpc) is 3.21. The largest absolute Gasteiger partial charge is 0.351 e. The molecule has 0 saturated heterocycles. The number of imidazole rings is 1. The van der Waals surface area contributed by atoms with E-state index in [0.29, 0.717) is 12.8 Å². The first-order chi connectivity index (χ1) is 11.9. The fourth-order valence-electron chi connectivity index (χ4n) is 3.40. The Bertz CT molecular complexity index is 696. The Labute approximate surface area is 149 Å². The molecule has 0 fully saturated rings. The molecule has 0 aromatic carbocycles. The first-order valence-corrected chi connectivity index (χ1v) is 9.23. The van der Waals surface area contributed by atoms with E-state index in [1.165, 1.54) is 24.1 Å². The SMILES string of the molecule is CC(C)(C)[C@@H](Cn1ccnc1)NC(=O)CCc1n[nH]c2c1CCCC2. The fourth-order valence-corrected chi connectivity index (χ4v) is 3.40. The van der Waals surface area contributed by atoms with Gasteiger partial charge in [0.1, 0.15) is 0 Å². The first-order valence-electron chi connectivity index (χ1n) is 9.23. The van der Waals surface area contributed by atoms with Gasteiger partial charge < -0.3 is 9.88 Å². The standard InChI is InChI=1S/C19H29N5O/c1-19(2,3)17(12-24-11-10-20-13-24)21-18(25)9-8-16-14-6-4-5-7-15(14)22-23-16/h10-11,13,17H,4-9,12H2,1-3H3,(H,21,25)(H,22,23)/t17-/m1/s1. The molecule has 0 radical (unpaired) electrons. The fraction of sp³-hybridized carbons (Fsp3) is 0.632. The van der Waals surface area contributed by atoms with Crippen molar-refractivity contribution in [2.24, 2.45) is 5.41 Å². The van der Waals surface area contributed by atoms with Crippen LogP contribution < -0.4 is 5.32 Å². The Kier molecular flexibility index (Phi) is 5.25. The van der Waals surface area contributed by atoms with Crippen LogP contribution in [0.4, 0.5) is 0 Å². The Morgan fingerprint density at radius 1 is 1.36 bits per heavy atom. The molecule has 3 rings (SSSR count). The highest BCUT2D eigenvalue weighted by atomic mass is 16.1. The van der Waals surface area contributed by atoms with Crippen molar-refractivity contribution >= 4 is 5.91 Å². The van der Waals surface area contributed by atoms with Gasteiger partial charge in [0.15, 0.2) is 0 Å². The summed E-state index contributed by atoms with van der Waals surface area (Å²) in [5.74, 6) is 0.0904. The molecule has 6 nitrogen and oxygen atoms in total. The van der Waals surface area contributed by atoms with Crippen LogP contribution in [0.25, 0.3) is 0 Å². The minimum absolute atomic E-state index is 0.0224. The van der Waals surface area contributed by atoms with Gasteiger partial charge in [0.05, 0.1) is 18.1 Å². The molecule has 25 heavy (non-hydrogen) atoms. The number of carbonyl (C=O) groups is 1. The molecule has 2 heterocycles. The van der Waals surface area contributed by atoms with Gasteiger partial charge in [-0.25, -0.2) is 4.98 Å². The molecule has 0 saturated carbocycles. The summed E-state index contributed by atoms with van der Waals surface area (Å²) in [4.78, 5) is 16.6. The number of H-pyrrole nitrogens is 1. The number of aromatic amines is 1. The third kappa shape index (κ3) is 4.50. The van der Waals surface area contributed by atoms with E-state index in [1.807, 2.05) is 10.8 Å². The molecule has 2 aromatic heterocycles. The highest BCUT2D eigenvalue weighted by Gasteiger charge is 2.27. The van der Waals surface area contributed by atoms with Gasteiger partial charge in [-0.3, -0.25) is 9.89 Å². The van der Waals surface area contributed by atoms with Crippen molar-refractivity contribution in [3.05, 3.63) is 35.7 Å². The van der Waals surface area contributed by atoms with Crippen molar-refractivity contribution < 1.29 is 4.79 Å². The van der Waals surface area contributed by atoms with E-state index in [0.717, 1.165) is 25.1 Å². The van der Waals surface area contributed by atoms with Gasteiger partial charge in [-0.05, 0) is 36.7 Å². The number of nitrogens with one attached hydrogen (secondary N) is 2. The van der Waals surface area contributed by atoms with Crippen LogP contribution in [-0.2, 0) is 30.6 Å². The summed E-state index contributed by atoms with van der Waals surface area (Å²) in [7, 11) is 0. The van der Waals surface area contributed by atoms with Crippen LogP contribution in [0, 0.1) is 5.41 Å². The van der Waals surface area contributed by atoms with Crippen LogP contribution in [-0.4, -0.2) is 31.7 Å². The number of fused-ring (bicyclic) bond motifs is 1. The number of rotatable bonds is 6. The van der Waals surface area contributed by atoms with Crippen LogP contribution in [0.3, 0.4) is 0 Å². The number of aryl methyl sites for hydroxylation is 2. The predicted octanol–water partition coefficient (Wildman–Crippen LogP) is 2.65. The summed E-state index contributed by atoms with van der Waals surface area (Å²) in [5.41, 5.74) is 3.68. The topological polar surface area (TPSA) is 75.6 Å². The number of hydrogen-bond acceptors (Lipinski definition) is 3. The van der Waals surface area contributed by atoms with Crippen molar-refractivity contribution in [1.29, 1.82) is 0 Å². The quantitative estimate of drug-likeness (QED) is 0.846. The van der Waals surface area contributed by atoms with Gasteiger partial charge in [-0.1, -0.05) is 20.8 Å². The van der Waals surface area contributed by atoms with Gasteiger partial charge in [0.2, 0.25) is 5.91 Å². The van der Waals surface area contributed by atoms with Crippen LogP contribution in [0.15, 0.2) is 18.7 Å². The molecule has 2 N–H and O–H groups in total. The van der Waals surface area contributed by atoms with E-state index in [1.54, 1.807) is 12.5 Å².